The number of hydrogen-bond donors (Lipinski definition) is 0. The second-order valence-electron chi connectivity index (χ2n) is 3.63. The van der Waals surface area contributed by atoms with Gasteiger partial charge in [0.25, 0.3) is 0 Å². The number of rotatable bonds is 3. The molecule has 0 heterocycles. The van der Waals surface area contributed by atoms with Crippen LogP contribution in [0.25, 0.3) is 0 Å². The van der Waals surface area contributed by atoms with E-state index in [4.69, 9.17) is 10.00 Å². The number of halogens is 2. The van der Waals surface area contributed by atoms with Crippen molar-refractivity contribution in [3.05, 3.63) is 63.9 Å². The van der Waals surface area contributed by atoms with E-state index >= 15 is 0 Å². The van der Waals surface area contributed by atoms with Crippen molar-refractivity contribution in [2.75, 3.05) is 0 Å². The van der Waals surface area contributed by atoms with Crippen LogP contribution in [0.1, 0.15) is 11.1 Å². The van der Waals surface area contributed by atoms with E-state index in [1.807, 2.05) is 0 Å². The van der Waals surface area contributed by atoms with Crippen molar-refractivity contribution in [3.8, 4) is 11.8 Å². The molecule has 0 aliphatic rings. The molecule has 2 aromatic rings. The second-order valence-corrected chi connectivity index (χ2v) is 4.49. The number of para-hydroxylation sites is 1. The molecule has 0 amide bonds. The first kappa shape index (κ1) is 12.6. The van der Waals surface area contributed by atoms with Gasteiger partial charge in [-0.05, 0) is 24.3 Å². The Kier molecular flexibility index (Phi) is 3.96. The molecule has 2 rings (SSSR count). The van der Waals surface area contributed by atoms with E-state index in [0.717, 1.165) is 5.56 Å². The van der Waals surface area contributed by atoms with E-state index in [1.54, 1.807) is 30.3 Å². The average Bonchev–Trinajstić information content (AvgIpc) is 2.38. The van der Waals surface area contributed by atoms with Crippen molar-refractivity contribution < 1.29 is 9.13 Å². The number of benzene rings is 2. The van der Waals surface area contributed by atoms with Crippen LogP contribution in [0.4, 0.5) is 4.39 Å². The number of nitrogens with zero attached hydrogens (tertiary/aromatic N) is 1. The van der Waals surface area contributed by atoms with Crippen LogP contribution in [0.3, 0.4) is 0 Å². The summed E-state index contributed by atoms with van der Waals surface area (Å²) in [5.41, 5.74) is 1.31. The van der Waals surface area contributed by atoms with Gasteiger partial charge < -0.3 is 4.74 Å². The summed E-state index contributed by atoms with van der Waals surface area (Å²) in [6.45, 7) is 0.277. The molecule has 0 N–H and O–H groups in total. The molecule has 4 heteroatoms. The normalized spacial score (nSPS) is 9.83. The molecular formula is C14H9BrFNO. The maximum Gasteiger partial charge on any atom is 0.137 e. The molecule has 0 saturated carbocycles. The van der Waals surface area contributed by atoms with Crippen molar-refractivity contribution in [1.82, 2.24) is 0 Å². The van der Waals surface area contributed by atoms with Crippen LogP contribution in [-0.4, -0.2) is 0 Å². The van der Waals surface area contributed by atoms with Crippen molar-refractivity contribution in [3.63, 3.8) is 0 Å². The van der Waals surface area contributed by atoms with Crippen molar-refractivity contribution in [1.29, 1.82) is 5.26 Å². The molecule has 0 saturated heterocycles. The standard InChI is InChI=1S/C14H9BrFNO/c15-13-7-12(16)6-5-11(13)9-18-14-4-2-1-3-10(14)8-17/h1-7H,9H2. The van der Waals surface area contributed by atoms with Gasteiger partial charge in [0.1, 0.15) is 24.2 Å². The quantitative estimate of drug-likeness (QED) is 0.857. The van der Waals surface area contributed by atoms with Crippen LogP contribution in [0.2, 0.25) is 0 Å². The van der Waals surface area contributed by atoms with Gasteiger partial charge >= 0.3 is 0 Å². The van der Waals surface area contributed by atoms with Crippen molar-refractivity contribution >= 4 is 15.9 Å². The lowest BCUT2D eigenvalue weighted by atomic mass is 10.2. The molecular weight excluding hydrogens is 297 g/mol. The molecule has 0 unspecified atom stereocenters. The van der Waals surface area contributed by atoms with E-state index in [-0.39, 0.29) is 12.4 Å². The highest BCUT2D eigenvalue weighted by atomic mass is 79.9. The van der Waals surface area contributed by atoms with Gasteiger partial charge in [0.2, 0.25) is 0 Å². The molecule has 0 aliphatic heterocycles. The Morgan fingerprint density at radius 2 is 2.00 bits per heavy atom. The SMILES string of the molecule is N#Cc1ccccc1OCc1ccc(F)cc1Br. The summed E-state index contributed by atoms with van der Waals surface area (Å²) in [5, 5.41) is 8.92. The van der Waals surface area contributed by atoms with E-state index in [9.17, 15) is 4.39 Å². The number of hydrogen-bond acceptors (Lipinski definition) is 2. The van der Waals surface area contributed by atoms with Gasteiger partial charge in [-0.15, -0.1) is 0 Å². The molecule has 2 aromatic carbocycles. The number of ether oxygens (including phenoxy) is 1. The third kappa shape index (κ3) is 2.88. The van der Waals surface area contributed by atoms with Crippen LogP contribution >= 0.6 is 15.9 Å². The topological polar surface area (TPSA) is 33.0 Å². The molecule has 90 valence electrons. The average molecular weight is 306 g/mol. The van der Waals surface area contributed by atoms with Crippen LogP contribution in [0.15, 0.2) is 46.9 Å². The molecule has 0 aromatic heterocycles. The summed E-state index contributed by atoms with van der Waals surface area (Å²) >= 11 is 3.27. The summed E-state index contributed by atoms with van der Waals surface area (Å²) in [5.74, 6) is 0.222. The Morgan fingerprint density at radius 1 is 1.22 bits per heavy atom. The molecule has 0 atom stereocenters. The predicted molar refractivity (Wildman–Crippen MR) is 69.6 cm³/mol. The van der Waals surface area contributed by atoms with Crippen LogP contribution < -0.4 is 4.74 Å². The third-order valence-electron chi connectivity index (χ3n) is 2.41. The van der Waals surface area contributed by atoms with Crippen LogP contribution in [0.5, 0.6) is 5.75 Å². The Hall–Kier alpha value is -1.86. The van der Waals surface area contributed by atoms with Crippen molar-refractivity contribution in [2.45, 2.75) is 6.61 Å². The van der Waals surface area contributed by atoms with Gasteiger partial charge in [0.15, 0.2) is 0 Å². The Balaban J connectivity index is 2.14. The molecule has 2 nitrogen and oxygen atoms in total. The first-order valence-corrected chi connectivity index (χ1v) is 6.06. The van der Waals surface area contributed by atoms with Crippen LogP contribution in [-0.2, 0) is 6.61 Å². The lowest BCUT2D eigenvalue weighted by Crippen LogP contribution is -1.98. The fourth-order valence-corrected chi connectivity index (χ4v) is 1.94. The molecule has 0 bridgehead atoms. The lowest BCUT2D eigenvalue weighted by molar-refractivity contribution is 0.304. The first-order valence-electron chi connectivity index (χ1n) is 5.26. The highest BCUT2D eigenvalue weighted by molar-refractivity contribution is 9.10. The fourth-order valence-electron chi connectivity index (χ4n) is 1.48. The van der Waals surface area contributed by atoms with Gasteiger partial charge in [-0.3, -0.25) is 0 Å². The second kappa shape index (κ2) is 5.65. The molecule has 0 spiro atoms. The van der Waals surface area contributed by atoms with Crippen molar-refractivity contribution in [2.24, 2.45) is 0 Å². The predicted octanol–water partition coefficient (Wildman–Crippen LogP) is 4.04. The van der Waals surface area contributed by atoms with Gasteiger partial charge in [-0.25, -0.2) is 4.39 Å². The molecule has 0 fully saturated rings. The molecule has 0 aliphatic carbocycles. The highest BCUT2D eigenvalue weighted by Gasteiger charge is 2.05. The largest absolute Gasteiger partial charge is 0.487 e. The lowest BCUT2D eigenvalue weighted by Gasteiger charge is -2.09. The summed E-state index contributed by atoms with van der Waals surface area (Å²) in [4.78, 5) is 0. The van der Waals surface area contributed by atoms with E-state index in [2.05, 4.69) is 22.0 Å². The minimum atomic E-state index is -0.303. The van der Waals surface area contributed by atoms with Crippen LogP contribution in [0, 0.1) is 17.1 Å². The van der Waals surface area contributed by atoms with Gasteiger partial charge in [-0.1, -0.05) is 34.1 Å². The van der Waals surface area contributed by atoms with E-state index in [0.29, 0.717) is 15.8 Å². The highest BCUT2D eigenvalue weighted by Crippen LogP contribution is 2.22. The fraction of sp³-hybridized carbons (Fsp3) is 0.0714. The summed E-state index contributed by atoms with van der Waals surface area (Å²) in [7, 11) is 0. The minimum Gasteiger partial charge on any atom is -0.487 e. The monoisotopic (exact) mass is 305 g/mol. The van der Waals surface area contributed by atoms with Gasteiger partial charge in [0.05, 0.1) is 5.56 Å². The Bertz CT molecular complexity index is 607. The van der Waals surface area contributed by atoms with Gasteiger partial charge in [-0.2, -0.15) is 5.26 Å². The zero-order valence-corrected chi connectivity index (χ0v) is 10.9. The summed E-state index contributed by atoms with van der Waals surface area (Å²) in [6.07, 6.45) is 0. The van der Waals surface area contributed by atoms with Gasteiger partial charge in [0, 0.05) is 10.0 Å². The van der Waals surface area contributed by atoms with E-state index < -0.39 is 0 Å². The molecule has 0 radical (unpaired) electrons. The summed E-state index contributed by atoms with van der Waals surface area (Å²) < 4.78 is 19.1. The summed E-state index contributed by atoms with van der Waals surface area (Å²) in [6, 6.07) is 13.5. The zero-order chi connectivity index (χ0) is 13.0. The third-order valence-corrected chi connectivity index (χ3v) is 3.14. The Morgan fingerprint density at radius 3 is 2.72 bits per heavy atom. The Labute approximate surface area is 113 Å². The minimum absolute atomic E-state index is 0.277. The maximum atomic E-state index is 12.9. The number of nitriles is 1. The van der Waals surface area contributed by atoms with E-state index in [1.165, 1.54) is 12.1 Å². The zero-order valence-electron chi connectivity index (χ0n) is 9.36. The smallest absolute Gasteiger partial charge is 0.137 e. The first-order chi connectivity index (χ1) is 8.70. The molecule has 18 heavy (non-hydrogen) atoms. The maximum absolute atomic E-state index is 12.9.